The van der Waals surface area contributed by atoms with Crippen molar-refractivity contribution in [3.63, 3.8) is 0 Å². The summed E-state index contributed by atoms with van der Waals surface area (Å²) < 4.78 is 35.4. The Hall–Kier alpha value is 0.486. The monoisotopic (exact) mass is 376 g/mol. The van der Waals surface area contributed by atoms with E-state index >= 15 is 0 Å². The van der Waals surface area contributed by atoms with E-state index in [1.54, 1.807) is 0 Å². The molecule has 0 aliphatic carbocycles. The fourth-order valence-electron chi connectivity index (χ4n) is 1.96. The summed E-state index contributed by atoms with van der Waals surface area (Å²) in [6, 6.07) is 0. The van der Waals surface area contributed by atoms with Crippen molar-refractivity contribution in [3.8, 4) is 0 Å². The summed E-state index contributed by atoms with van der Waals surface area (Å²) in [6.45, 7) is 2.15. The number of carboxylic acid groups (broad SMARTS) is 1. The van der Waals surface area contributed by atoms with E-state index in [0.29, 0.717) is 6.42 Å². The molecule has 0 fully saturated rings. The van der Waals surface area contributed by atoms with Gasteiger partial charge in [0.2, 0.25) is 0 Å². The van der Waals surface area contributed by atoms with Crippen molar-refractivity contribution in [1.29, 1.82) is 0 Å². The van der Waals surface area contributed by atoms with Crippen molar-refractivity contribution in [2.24, 2.45) is 0 Å². The van der Waals surface area contributed by atoms with Crippen LogP contribution in [0.5, 0.6) is 0 Å². The van der Waals surface area contributed by atoms with Gasteiger partial charge in [-0.25, -0.2) is 0 Å². The molecule has 0 aromatic rings. The van der Waals surface area contributed by atoms with E-state index in [1.165, 1.54) is 25.7 Å². The zero-order valence-electron chi connectivity index (χ0n) is 14.0. The minimum Gasteiger partial charge on any atom is -0.550 e. The molecule has 1 atom stereocenters. The molecule has 0 spiro atoms. The normalized spacial score (nSPS) is 12.3. The molecule has 0 saturated carbocycles. The molecular weight excluding hydrogens is 351 g/mol. The van der Waals surface area contributed by atoms with Crippen LogP contribution in [-0.2, 0) is 24.4 Å². The average Bonchev–Trinajstić information content (AvgIpc) is 2.41. The van der Waals surface area contributed by atoms with E-state index in [9.17, 15) is 23.1 Å². The van der Waals surface area contributed by atoms with Crippen LogP contribution in [0.4, 0.5) is 0 Å². The summed E-state index contributed by atoms with van der Waals surface area (Å²) in [7, 11) is -4.81. The molecule has 1 unspecified atom stereocenters. The number of carbonyl (C=O) groups excluding carboxylic acids is 2. The first kappa shape index (κ1) is 25.7. The Morgan fingerprint density at radius 2 is 1.52 bits per heavy atom. The Labute approximate surface area is 180 Å². The Morgan fingerprint density at radius 1 is 1.04 bits per heavy atom. The van der Waals surface area contributed by atoms with Crippen LogP contribution >= 0.6 is 0 Å². The van der Waals surface area contributed by atoms with Gasteiger partial charge >= 0.3 is 57.4 Å². The molecule has 0 aromatic heterocycles. The van der Waals surface area contributed by atoms with E-state index < -0.39 is 33.7 Å². The van der Waals surface area contributed by atoms with Crippen LogP contribution in [0, 0.1) is 0 Å². The zero-order valence-corrected chi connectivity index (χ0v) is 17.9. The molecule has 0 amide bonds. The summed E-state index contributed by atoms with van der Waals surface area (Å²) in [6.07, 6.45) is 7.21. The van der Waals surface area contributed by atoms with E-state index in [1.807, 2.05) is 0 Å². The maximum Gasteiger partial charge on any atom is 1.00 e. The summed E-state index contributed by atoms with van der Waals surface area (Å²) in [5.41, 5.74) is 0. The van der Waals surface area contributed by atoms with Crippen LogP contribution in [0.25, 0.3) is 0 Å². The molecule has 23 heavy (non-hydrogen) atoms. The number of aliphatic carboxylic acids is 1. The van der Waals surface area contributed by atoms with Crippen LogP contribution in [0.1, 0.15) is 64.7 Å². The van der Waals surface area contributed by atoms with Crippen molar-refractivity contribution < 1.29 is 83.8 Å². The van der Waals surface area contributed by atoms with Gasteiger partial charge in [-0.15, -0.1) is 0 Å². The van der Waals surface area contributed by atoms with E-state index in [-0.39, 0.29) is 58.0 Å². The predicted molar refractivity (Wildman–Crippen MR) is 78.5 cm³/mol. The van der Waals surface area contributed by atoms with Gasteiger partial charge < -0.3 is 14.6 Å². The van der Waals surface area contributed by atoms with Gasteiger partial charge in [-0.1, -0.05) is 51.9 Å². The second-order valence-electron chi connectivity index (χ2n) is 5.22. The Kier molecular flexibility index (Phi) is 16.6. The van der Waals surface area contributed by atoms with Crippen molar-refractivity contribution >= 4 is 22.1 Å². The molecule has 0 saturated heterocycles. The molecule has 0 aliphatic rings. The largest absolute Gasteiger partial charge is 1.00 e. The van der Waals surface area contributed by atoms with Gasteiger partial charge in [0.1, 0.15) is 0 Å². The Balaban J connectivity index is 0. The summed E-state index contributed by atoms with van der Waals surface area (Å²) >= 11 is 0. The van der Waals surface area contributed by atoms with Crippen molar-refractivity contribution in [1.82, 2.24) is 0 Å². The minimum absolute atomic E-state index is 0. The maximum absolute atomic E-state index is 11.5. The SMILES string of the molecule is CCCCCCCCCCOC(=O)C(CC(=O)[O-])S(=O)(=O)O.[K+]. The first-order valence-electron chi connectivity index (χ1n) is 7.61. The molecule has 0 radical (unpaired) electrons. The molecule has 1 N–H and O–H groups in total. The van der Waals surface area contributed by atoms with Gasteiger partial charge in [-0.3, -0.25) is 9.35 Å². The summed E-state index contributed by atoms with van der Waals surface area (Å²) in [4.78, 5) is 21.9. The second-order valence-corrected chi connectivity index (χ2v) is 6.82. The maximum atomic E-state index is 11.5. The number of hydrogen-bond acceptors (Lipinski definition) is 6. The third-order valence-corrected chi connectivity index (χ3v) is 4.29. The van der Waals surface area contributed by atoms with Gasteiger partial charge in [-0.2, -0.15) is 8.42 Å². The number of carboxylic acids is 1. The molecule has 0 heterocycles. The van der Waals surface area contributed by atoms with Gasteiger partial charge in [0, 0.05) is 12.4 Å². The molecule has 130 valence electrons. The third kappa shape index (κ3) is 14.5. The van der Waals surface area contributed by atoms with Crippen LogP contribution in [-0.4, -0.2) is 36.8 Å². The fraction of sp³-hybridized carbons (Fsp3) is 0.857. The zero-order chi connectivity index (χ0) is 17.0. The molecule has 0 aromatic carbocycles. The second kappa shape index (κ2) is 14.8. The van der Waals surface area contributed by atoms with E-state index in [0.717, 1.165) is 19.3 Å². The molecule has 7 nitrogen and oxygen atoms in total. The first-order valence-corrected chi connectivity index (χ1v) is 9.12. The van der Waals surface area contributed by atoms with Crippen LogP contribution in [0.15, 0.2) is 0 Å². The van der Waals surface area contributed by atoms with E-state index in [2.05, 4.69) is 6.92 Å². The number of esters is 1. The summed E-state index contributed by atoms with van der Waals surface area (Å²) in [5, 5.41) is 8.27. The smallest absolute Gasteiger partial charge is 0.550 e. The van der Waals surface area contributed by atoms with Crippen molar-refractivity contribution in [2.45, 2.75) is 70.0 Å². The molecule has 9 heteroatoms. The Bertz CT molecular complexity index is 436. The number of hydrogen-bond donors (Lipinski definition) is 1. The first-order chi connectivity index (χ1) is 10.3. The van der Waals surface area contributed by atoms with Crippen molar-refractivity contribution in [2.75, 3.05) is 6.61 Å². The molecule has 0 rings (SSSR count). The van der Waals surface area contributed by atoms with Gasteiger partial charge in [-0.05, 0) is 6.42 Å². The topological polar surface area (TPSA) is 121 Å². The number of unbranched alkanes of at least 4 members (excludes halogenated alkanes) is 7. The number of ether oxygens (including phenoxy) is 1. The number of carbonyl (C=O) groups is 2. The third-order valence-electron chi connectivity index (χ3n) is 3.22. The summed E-state index contributed by atoms with van der Waals surface area (Å²) in [5.74, 6) is -3.00. The average molecular weight is 377 g/mol. The minimum atomic E-state index is -4.81. The van der Waals surface area contributed by atoms with Gasteiger partial charge in [0.05, 0.1) is 6.61 Å². The van der Waals surface area contributed by atoms with Crippen LogP contribution in [0.2, 0.25) is 0 Å². The van der Waals surface area contributed by atoms with E-state index in [4.69, 9.17) is 9.29 Å². The van der Waals surface area contributed by atoms with Crippen LogP contribution < -0.4 is 56.5 Å². The Morgan fingerprint density at radius 3 is 1.96 bits per heavy atom. The van der Waals surface area contributed by atoms with Crippen molar-refractivity contribution in [3.05, 3.63) is 0 Å². The fourth-order valence-corrected chi connectivity index (χ4v) is 2.62. The molecular formula is C14H25KO7S. The number of rotatable bonds is 13. The van der Waals surface area contributed by atoms with Crippen LogP contribution in [0.3, 0.4) is 0 Å². The standard InChI is InChI=1S/C14H26O7S.K/c1-2-3-4-5-6-7-8-9-10-21-14(17)12(11-13(15)16)22(18,19)20;/h12H,2-11H2,1H3,(H,15,16)(H,18,19,20);/q;+1/p-1. The molecule has 0 aliphatic heterocycles. The molecule has 0 bridgehead atoms. The van der Waals surface area contributed by atoms with Gasteiger partial charge in [0.15, 0.2) is 5.25 Å². The van der Waals surface area contributed by atoms with Gasteiger partial charge in [0.25, 0.3) is 10.1 Å². The predicted octanol–water partition coefficient (Wildman–Crippen LogP) is -1.93. The quantitative estimate of drug-likeness (QED) is 0.172.